The summed E-state index contributed by atoms with van der Waals surface area (Å²) in [5.74, 6) is 0. The van der Waals surface area contributed by atoms with Gasteiger partial charge in [-0.15, -0.1) is 11.3 Å². The van der Waals surface area contributed by atoms with E-state index in [2.05, 4.69) is 41.5 Å². The maximum absolute atomic E-state index is 5.91. The molecule has 102 valence electrons. The molecule has 0 bridgehead atoms. The van der Waals surface area contributed by atoms with Gasteiger partial charge in [0.05, 0.1) is 10.2 Å². The number of para-hydroxylation sites is 1. The first-order chi connectivity index (χ1) is 9.72. The van der Waals surface area contributed by atoms with Gasteiger partial charge in [-0.1, -0.05) is 35.9 Å². The summed E-state index contributed by atoms with van der Waals surface area (Å²) in [6, 6.07) is 16.5. The number of nitrogens with zero attached hydrogens (tertiary/aromatic N) is 1. The Hall–Kier alpha value is -1.42. The van der Waals surface area contributed by atoms with E-state index in [9.17, 15) is 0 Å². The van der Waals surface area contributed by atoms with Crippen molar-refractivity contribution >= 4 is 33.2 Å². The van der Waals surface area contributed by atoms with Crippen LogP contribution in [0, 0.1) is 0 Å². The van der Waals surface area contributed by atoms with Gasteiger partial charge in [0, 0.05) is 17.6 Å². The lowest BCUT2D eigenvalue weighted by molar-refractivity contribution is 0.574. The summed E-state index contributed by atoms with van der Waals surface area (Å²) in [6.07, 6.45) is 0. The molecule has 1 aromatic heterocycles. The highest BCUT2D eigenvalue weighted by Crippen LogP contribution is 2.22. The number of rotatable bonds is 4. The molecule has 0 spiro atoms. The third-order valence-corrected chi connectivity index (χ3v) is 4.56. The molecular weight excluding hydrogens is 288 g/mol. The first kappa shape index (κ1) is 13.6. The van der Waals surface area contributed by atoms with Crippen molar-refractivity contribution in [2.45, 2.75) is 19.5 Å². The van der Waals surface area contributed by atoms with Gasteiger partial charge in [-0.25, -0.2) is 4.98 Å². The molecule has 0 amide bonds. The Bertz CT molecular complexity index is 673. The third-order valence-electron chi connectivity index (χ3n) is 3.27. The minimum Gasteiger partial charge on any atom is -0.304 e. The molecule has 0 unspecified atom stereocenters. The van der Waals surface area contributed by atoms with Crippen LogP contribution in [0.15, 0.2) is 48.5 Å². The molecule has 2 aromatic carbocycles. The summed E-state index contributed by atoms with van der Waals surface area (Å²) >= 11 is 7.65. The second kappa shape index (κ2) is 5.92. The molecule has 4 heteroatoms. The van der Waals surface area contributed by atoms with Crippen LogP contribution in [0.25, 0.3) is 10.2 Å². The van der Waals surface area contributed by atoms with E-state index in [0.717, 1.165) is 22.1 Å². The number of thiazole rings is 1. The summed E-state index contributed by atoms with van der Waals surface area (Å²) < 4.78 is 1.24. The molecule has 1 N–H and O–H groups in total. The number of aromatic nitrogens is 1. The fourth-order valence-corrected chi connectivity index (χ4v) is 3.15. The molecule has 0 radical (unpaired) electrons. The third kappa shape index (κ3) is 3.01. The van der Waals surface area contributed by atoms with Crippen molar-refractivity contribution in [1.29, 1.82) is 0 Å². The molecule has 0 saturated heterocycles. The normalized spacial score (nSPS) is 12.7. The van der Waals surface area contributed by atoms with Crippen LogP contribution in [0.2, 0.25) is 5.02 Å². The van der Waals surface area contributed by atoms with Gasteiger partial charge in [0.15, 0.2) is 0 Å². The molecule has 0 aliphatic heterocycles. The van der Waals surface area contributed by atoms with Gasteiger partial charge < -0.3 is 5.32 Å². The van der Waals surface area contributed by atoms with Gasteiger partial charge >= 0.3 is 0 Å². The summed E-state index contributed by atoms with van der Waals surface area (Å²) in [5.41, 5.74) is 2.31. The Labute approximate surface area is 127 Å². The van der Waals surface area contributed by atoms with Gasteiger partial charge in [0.25, 0.3) is 0 Å². The summed E-state index contributed by atoms with van der Waals surface area (Å²) in [5, 5.41) is 5.39. The van der Waals surface area contributed by atoms with E-state index in [1.165, 1.54) is 10.3 Å². The smallest absolute Gasteiger partial charge is 0.108 e. The first-order valence-corrected chi connectivity index (χ1v) is 7.75. The SMILES string of the molecule is C[C@@H](NCc1nc2ccccc2s1)c1ccc(Cl)cc1. The Morgan fingerprint density at radius 1 is 1.15 bits per heavy atom. The van der Waals surface area contributed by atoms with Crippen molar-refractivity contribution in [3.8, 4) is 0 Å². The molecule has 0 aliphatic rings. The van der Waals surface area contributed by atoms with Crippen LogP contribution in [0.3, 0.4) is 0 Å². The molecule has 1 heterocycles. The zero-order valence-electron chi connectivity index (χ0n) is 11.1. The van der Waals surface area contributed by atoms with Crippen molar-refractivity contribution in [3.63, 3.8) is 0 Å². The fourth-order valence-electron chi connectivity index (χ4n) is 2.11. The molecule has 2 nitrogen and oxygen atoms in total. The Balaban J connectivity index is 1.68. The largest absolute Gasteiger partial charge is 0.304 e. The van der Waals surface area contributed by atoms with Crippen molar-refractivity contribution in [2.24, 2.45) is 0 Å². The number of hydrogen-bond donors (Lipinski definition) is 1. The van der Waals surface area contributed by atoms with Crippen LogP contribution in [0.4, 0.5) is 0 Å². The molecule has 0 aliphatic carbocycles. The lowest BCUT2D eigenvalue weighted by atomic mass is 10.1. The Morgan fingerprint density at radius 2 is 1.90 bits per heavy atom. The van der Waals surface area contributed by atoms with Gasteiger partial charge in [0.2, 0.25) is 0 Å². The van der Waals surface area contributed by atoms with Crippen molar-refractivity contribution in [1.82, 2.24) is 10.3 Å². The Morgan fingerprint density at radius 3 is 2.65 bits per heavy atom. The number of halogens is 1. The van der Waals surface area contributed by atoms with E-state index in [-0.39, 0.29) is 6.04 Å². The molecule has 0 saturated carbocycles. The topological polar surface area (TPSA) is 24.9 Å². The van der Waals surface area contributed by atoms with E-state index in [1.54, 1.807) is 11.3 Å². The predicted molar refractivity (Wildman–Crippen MR) is 86.3 cm³/mol. The Kier molecular flexibility index (Phi) is 4.01. The second-order valence-corrected chi connectivity index (χ2v) is 6.28. The zero-order chi connectivity index (χ0) is 13.9. The molecule has 3 rings (SSSR count). The summed E-state index contributed by atoms with van der Waals surface area (Å²) in [6.45, 7) is 2.93. The van der Waals surface area contributed by atoms with Gasteiger partial charge in [0.1, 0.15) is 5.01 Å². The number of fused-ring (bicyclic) bond motifs is 1. The van der Waals surface area contributed by atoms with Crippen LogP contribution in [0.5, 0.6) is 0 Å². The fraction of sp³-hybridized carbons (Fsp3) is 0.188. The van der Waals surface area contributed by atoms with E-state index in [0.29, 0.717) is 0 Å². The van der Waals surface area contributed by atoms with Crippen LogP contribution < -0.4 is 5.32 Å². The van der Waals surface area contributed by atoms with Gasteiger partial charge in [-0.3, -0.25) is 0 Å². The molecular formula is C16H15ClN2S. The second-order valence-electron chi connectivity index (χ2n) is 4.73. The van der Waals surface area contributed by atoms with E-state index in [1.807, 2.05) is 24.3 Å². The monoisotopic (exact) mass is 302 g/mol. The predicted octanol–water partition coefficient (Wildman–Crippen LogP) is 4.80. The van der Waals surface area contributed by atoms with Crippen LogP contribution in [-0.2, 0) is 6.54 Å². The molecule has 3 aromatic rings. The number of hydrogen-bond acceptors (Lipinski definition) is 3. The van der Waals surface area contributed by atoms with Crippen LogP contribution in [-0.4, -0.2) is 4.98 Å². The minimum absolute atomic E-state index is 0.277. The van der Waals surface area contributed by atoms with Crippen molar-refractivity contribution < 1.29 is 0 Å². The average Bonchev–Trinajstić information content (AvgIpc) is 2.88. The number of nitrogens with one attached hydrogen (secondary N) is 1. The highest BCUT2D eigenvalue weighted by Gasteiger charge is 2.07. The maximum Gasteiger partial charge on any atom is 0.108 e. The van der Waals surface area contributed by atoms with E-state index in [4.69, 9.17) is 11.6 Å². The quantitative estimate of drug-likeness (QED) is 0.749. The van der Waals surface area contributed by atoms with E-state index < -0.39 is 0 Å². The van der Waals surface area contributed by atoms with Crippen molar-refractivity contribution in [3.05, 3.63) is 64.1 Å². The maximum atomic E-state index is 5.91. The highest BCUT2D eigenvalue weighted by atomic mass is 35.5. The highest BCUT2D eigenvalue weighted by molar-refractivity contribution is 7.18. The first-order valence-electron chi connectivity index (χ1n) is 6.55. The minimum atomic E-state index is 0.277. The molecule has 1 atom stereocenters. The summed E-state index contributed by atoms with van der Waals surface area (Å²) in [4.78, 5) is 4.63. The number of benzene rings is 2. The standard InChI is InChI=1S/C16H15ClN2S/c1-11(12-6-8-13(17)9-7-12)18-10-16-19-14-4-2-3-5-15(14)20-16/h2-9,11,18H,10H2,1H3/t11-/m1/s1. The average molecular weight is 303 g/mol. The van der Waals surface area contributed by atoms with Gasteiger partial charge in [-0.05, 0) is 36.8 Å². The summed E-state index contributed by atoms with van der Waals surface area (Å²) in [7, 11) is 0. The zero-order valence-corrected chi connectivity index (χ0v) is 12.7. The molecule has 0 fully saturated rings. The van der Waals surface area contributed by atoms with Gasteiger partial charge in [-0.2, -0.15) is 0 Å². The lowest BCUT2D eigenvalue weighted by Gasteiger charge is -2.13. The van der Waals surface area contributed by atoms with E-state index >= 15 is 0 Å². The van der Waals surface area contributed by atoms with Crippen molar-refractivity contribution in [2.75, 3.05) is 0 Å². The van der Waals surface area contributed by atoms with Crippen LogP contribution >= 0.6 is 22.9 Å². The molecule has 20 heavy (non-hydrogen) atoms. The van der Waals surface area contributed by atoms with Crippen LogP contribution in [0.1, 0.15) is 23.5 Å². The lowest BCUT2D eigenvalue weighted by Crippen LogP contribution is -2.17.